The number of nitrogens with zero attached hydrogens (tertiary/aromatic N) is 1. The molecule has 9 heteroatoms. The van der Waals surface area contributed by atoms with E-state index >= 15 is 4.39 Å². The predicted octanol–water partition coefficient (Wildman–Crippen LogP) is 4.12. The normalized spacial score (nSPS) is 41.2. The Kier molecular flexibility index (Phi) is 6.40. The van der Waals surface area contributed by atoms with Crippen LogP contribution in [0.3, 0.4) is 0 Å². The Morgan fingerprint density at radius 3 is 2.58 bits per heavy atom. The van der Waals surface area contributed by atoms with Crippen molar-refractivity contribution in [3.05, 3.63) is 23.0 Å². The summed E-state index contributed by atoms with van der Waals surface area (Å²) in [5.74, 6) is -2.86. The molecule has 8 nitrogen and oxygen atoms in total. The lowest BCUT2D eigenvalue weighted by Gasteiger charge is -2.63. The molecule has 208 valence electrons. The molecule has 0 aliphatic heterocycles. The molecule has 0 unspecified atom stereocenters. The van der Waals surface area contributed by atoms with E-state index in [1.165, 1.54) is 0 Å². The van der Waals surface area contributed by atoms with Gasteiger partial charge in [0.2, 0.25) is 5.78 Å². The van der Waals surface area contributed by atoms with Crippen molar-refractivity contribution in [1.29, 1.82) is 0 Å². The number of alkyl halides is 1. The van der Waals surface area contributed by atoms with E-state index in [4.69, 9.17) is 9.47 Å². The molecule has 38 heavy (non-hydrogen) atoms. The summed E-state index contributed by atoms with van der Waals surface area (Å²) in [5.41, 5.74) is -2.73. The van der Waals surface area contributed by atoms with Crippen molar-refractivity contribution in [2.75, 3.05) is 6.61 Å². The van der Waals surface area contributed by atoms with E-state index in [0.717, 1.165) is 16.8 Å². The number of halogens is 1. The number of allylic oxidation sites excluding steroid dienone is 1. The summed E-state index contributed by atoms with van der Waals surface area (Å²) in [5, 5.41) is 18.9. The maximum atomic E-state index is 17.8. The third kappa shape index (κ3) is 3.36. The lowest BCUT2D eigenvalue weighted by molar-refractivity contribution is -0.234. The average molecular weight is 531 g/mol. The Bertz CT molecular complexity index is 1200. The van der Waals surface area contributed by atoms with Gasteiger partial charge in [-0.2, -0.15) is 5.10 Å². The van der Waals surface area contributed by atoms with Crippen molar-refractivity contribution in [3.63, 3.8) is 0 Å². The van der Waals surface area contributed by atoms with E-state index in [0.29, 0.717) is 25.7 Å². The first-order chi connectivity index (χ1) is 17.9. The van der Waals surface area contributed by atoms with Gasteiger partial charge < -0.3 is 14.6 Å². The number of aliphatic hydroxyl groups excluding tert-OH is 1. The molecule has 0 radical (unpaired) electrons. The standard InChI is InChI=1S/C29H39FN2O6/c1-6-24(35)37-15-23(34)29(38-25(36)7-2)16(3)10-20-19-9-8-18-11-21-17(14-31-32-21)12-26(18,4)28(19,30)22(33)13-27(20,29)5/h11,14,16,19-20,22,33H,6-10,12-13,15H2,1-5H3,(H,31,32)/t16-,19-,20-,22-,26-,27-,28-,29+/m0/s1. The number of Topliss-reactive ketones (excluding diaryl/α,β-unsaturated/α-hetero) is 1. The van der Waals surface area contributed by atoms with Crippen LogP contribution in [0.25, 0.3) is 6.08 Å². The van der Waals surface area contributed by atoms with Gasteiger partial charge in [0.15, 0.2) is 12.2 Å². The van der Waals surface area contributed by atoms with E-state index in [9.17, 15) is 19.5 Å². The summed E-state index contributed by atoms with van der Waals surface area (Å²) < 4.78 is 29.0. The van der Waals surface area contributed by atoms with Crippen LogP contribution in [0.1, 0.15) is 84.4 Å². The Morgan fingerprint density at radius 2 is 1.89 bits per heavy atom. The van der Waals surface area contributed by atoms with Gasteiger partial charge in [0.1, 0.15) is 5.67 Å². The zero-order valence-corrected chi connectivity index (χ0v) is 22.9. The van der Waals surface area contributed by atoms with Crippen LogP contribution in [0, 0.1) is 28.6 Å². The lowest BCUT2D eigenvalue weighted by atomic mass is 9.43. The van der Waals surface area contributed by atoms with Gasteiger partial charge in [-0.1, -0.05) is 40.2 Å². The van der Waals surface area contributed by atoms with Gasteiger partial charge in [0.05, 0.1) is 18.0 Å². The van der Waals surface area contributed by atoms with Crippen LogP contribution in [-0.2, 0) is 30.3 Å². The first-order valence-electron chi connectivity index (χ1n) is 13.9. The van der Waals surface area contributed by atoms with Crippen LogP contribution < -0.4 is 0 Å². The Labute approximate surface area is 222 Å². The number of aromatic amines is 1. The van der Waals surface area contributed by atoms with Crippen LogP contribution in [0.5, 0.6) is 0 Å². The maximum Gasteiger partial charge on any atom is 0.306 e. The van der Waals surface area contributed by atoms with Crippen molar-refractivity contribution in [2.24, 2.45) is 28.6 Å². The molecule has 4 aliphatic rings. The largest absolute Gasteiger partial charge is 0.457 e. The van der Waals surface area contributed by atoms with Crippen LogP contribution in [0.15, 0.2) is 11.8 Å². The summed E-state index contributed by atoms with van der Waals surface area (Å²) in [7, 11) is 0. The summed E-state index contributed by atoms with van der Waals surface area (Å²) in [6, 6.07) is 0. The van der Waals surface area contributed by atoms with Gasteiger partial charge in [-0.15, -0.1) is 0 Å². The quantitative estimate of drug-likeness (QED) is 0.531. The van der Waals surface area contributed by atoms with Gasteiger partial charge in [-0.3, -0.25) is 19.5 Å². The first-order valence-corrected chi connectivity index (χ1v) is 13.9. The van der Waals surface area contributed by atoms with Crippen LogP contribution in [0.4, 0.5) is 4.39 Å². The average Bonchev–Trinajstić information content (AvgIpc) is 3.41. The van der Waals surface area contributed by atoms with Crippen molar-refractivity contribution in [2.45, 2.75) is 96.9 Å². The second-order valence-corrected chi connectivity index (χ2v) is 12.3. The molecule has 2 N–H and O–H groups in total. The minimum absolute atomic E-state index is 0.0411. The molecule has 0 spiro atoms. The zero-order valence-electron chi connectivity index (χ0n) is 22.9. The minimum Gasteiger partial charge on any atom is -0.457 e. The van der Waals surface area contributed by atoms with Crippen molar-refractivity contribution >= 4 is 23.8 Å². The number of esters is 2. The number of rotatable bonds is 6. The summed E-state index contributed by atoms with van der Waals surface area (Å²) >= 11 is 0. The number of ether oxygens (including phenoxy) is 2. The fourth-order valence-corrected chi connectivity index (χ4v) is 8.76. The Hall–Kier alpha value is -2.55. The van der Waals surface area contributed by atoms with E-state index in [2.05, 4.69) is 10.2 Å². The molecule has 4 aliphatic carbocycles. The molecule has 1 aromatic rings. The number of hydrogen-bond donors (Lipinski definition) is 2. The van der Waals surface area contributed by atoms with Gasteiger partial charge in [0.25, 0.3) is 0 Å². The molecule has 3 saturated carbocycles. The molecular weight excluding hydrogens is 491 g/mol. The molecule has 3 fully saturated rings. The minimum atomic E-state index is -1.93. The number of fused-ring (bicyclic) bond motifs is 6. The van der Waals surface area contributed by atoms with E-state index in [1.807, 2.05) is 26.8 Å². The Balaban J connectivity index is 1.58. The molecular formula is C29H39FN2O6. The number of aromatic nitrogens is 2. The molecule has 0 aromatic carbocycles. The highest BCUT2D eigenvalue weighted by molar-refractivity contribution is 5.93. The van der Waals surface area contributed by atoms with Crippen molar-refractivity contribution in [3.8, 4) is 0 Å². The SMILES string of the molecule is CCC(=O)OCC(=O)[C@]1(OC(=O)CC)[C@@H](C)C[C@H]2[C@@H]3CCC4=Cc5[nH]ncc5C[C@]4(C)[C@@]3(F)[C@@H](O)C[C@@]21C. The molecule has 1 aromatic heterocycles. The van der Waals surface area contributed by atoms with Crippen LogP contribution in [0.2, 0.25) is 0 Å². The maximum absolute atomic E-state index is 17.8. The van der Waals surface area contributed by atoms with Crippen LogP contribution in [-0.4, -0.2) is 57.0 Å². The van der Waals surface area contributed by atoms with E-state index in [1.54, 1.807) is 20.0 Å². The van der Waals surface area contributed by atoms with Gasteiger partial charge >= 0.3 is 11.9 Å². The van der Waals surface area contributed by atoms with Crippen molar-refractivity contribution < 1.29 is 33.4 Å². The molecule has 5 rings (SSSR count). The molecule has 0 amide bonds. The molecule has 1 heterocycles. The van der Waals surface area contributed by atoms with Crippen LogP contribution >= 0.6 is 0 Å². The number of hydrogen-bond acceptors (Lipinski definition) is 7. The zero-order chi connectivity index (χ0) is 27.7. The van der Waals surface area contributed by atoms with Crippen molar-refractivity contribution in [1.82, 2.24) is 10.2 Å². The first kappa shape index (κ1) is 27.0. The highest BCUT2D eigenvalue weighted by atomic mass is 19.1. The smallest absolute Gasteiger partial charge is 0.306 e. The molecule has 8 atom stereocenters. The number of aliphatic hydroxyl groups is 1. The lowest BCUT2D eigenvalue weighted by Crippen LogP contribution is -2.70. The molecule has 0 saturated heterocycles. The summed E-state index contributed by atoms with van der Waals surface area (Å²) in [4.78, 5) is 38.6. The second kappa shape index (κ2) is 9.00. The number of ketones is 1. The third-order valence-corrected chi connectivity index (χ3v) is 10.6. The second-order valence-electron chi connectivity index (χ2n) is 12.3. The highest BCUT2D eigenvalue weighted by Crippen LogP contribution is 2.71. The van der Waals surface area contributed by atoms with Gasteiger partial charge in [0, 0.05) is 35.5 Å². The fraction of sp³-hybridized carbons (Fsp3) is 0.724. The fourth-order valence-electron chi connectivity index (χ4n) is 8.76. The topological polar surface area (TPSA) is 119 Å². The monoisotopic (exact) mass is 530 g/mol. The predicted molar refractivity (Wildman–Crippen MR) is 136 cm³/mol. The summed E-state index contributed by atoms with van der Waals surface area (Å²) in [6.45, 7) is 8.39. The number of H-pyrrole nitrogens is 1. The summed E-state index contributed by atoms with van der Waals surface area (Å²) in [6.07, 6.45) is 4.55. The number of carbonyl (C=O) groups is 3. The Morgan fingerprint density at radius 1 is 1.18 bits per heavy atom. The number of carbonyl (C=O) groups excluding carboxylic acids is 3. The van der Waals surface area contributed by atoms with Gasteiger partial charge in [-0.05, 0) is 49.7 Å². The van der Waals surface area contributed by atoms with E-state index < -0.39 is 64.4 Å². The molecule has 0 bridgehead atoms. The number of nitrogens with one attached hydrogen (secondary N) is 1. The highest BCUT2D eigenvalue weighted by Gasteiger charge is 2.77. The third-order valence-electron chi connectivity index (χ3n) is 10.6. The van der Waals surface area contributed by atoms with E-state index in [-0.39, 0.29) is 25.2 Å². The van der Waals surface area contributed by atoms with Gasteiger partial charge in [-0.25, -0.2) is 4.39 Å².